The largest absolute Gasteiger partial charge is 0.355 e. The molecule has 1 aliphatic heterocycles. The fourth-order valence-electron chi connectivity index (χ4n) is 3.64. The lowest BCUT2D eigenvalue weighted by atomic mass is 9.74. The smallest absolute Gasteiger partial charge is 0.266 e. The van der Waals surface area contributed by atoms with E-state index in [1.807, 2.05) is 33.9 Å². The van der Waals surface area contributed by atoms with Crippen molar-refractivity contribution in [3.63, 3.8) is 0 Å². The Balaban J connectivity index is 1.39. The van der Waals surface area contributed by atoms with Crippen molar-refractivity contribution in [3.05, 3.63) is 60.5 Å². The van der Waals surface area contributed by atoms with Gasteiger partial charge in [0.05, 0.1) is 11.7 Å². The first-order valence-electron chi connectivity index (χ1n) is 9.48. The number of aryl methyl sites for hydroxylation is 2. The van der Waals surface area contributed by atoms with Crippen LogP contribution in [0.1, 0.15) is 17.9 Å². The molecule has 1 saturated heterocycles. The van der Waals surface area contributed by atoms with E-state index in [9.17, 15) is 4.79 Å². The highest BCUT2D eigenvalue weighted by molar-refractivity contribution is 5.86. The zero-order chi connectivity index (χ0) is 19.4. The predicted octanol–water partition coefficient (Wildman–Crippen LogP) is 1.83. The van der Waals surface area contributed by atoms with Crippen LogP contribution in [-0.2, 0) is 17.8 Å². The Morgan fingerprint density at radius 3 is 2.79 bits per heavy atom. The highest BCUT2D eigenvalue weighted by Crippen LogP contribution is 2.36. The molecular weight excluding hydrogens is 356 g/mol. The number of carbonyl (C=O) groups excluding carboxylic acids is 1. The molecule has 146 valence electrons. The Kier molecular flexibility index (Phi) is 5.10. The van der Waals surface area contributed by atoms with Crippen LogP contribution in [0.4, 0.5) is 5.95 Å². The van der Waals surface area contributed by atoms with Crippen LogP contribution in [0, 0.1) is 12.3 Å². The van der Waals surface area contributed by atoms with Crippen LogP contribution < -0.4 is 10.2 Å². The van der Waals surface area contributed by atoms with Gasteiger partial charge in [0.2, 0.25) is 11.8 Å². The van der Waals surface area contributed by atoms with Gasteiger partial charge < -0.3 is 19.3 Å². The van der Waals surface area contributed by atoms with E-state index in [2.05, 4.69) is 32.6 Å². The van der Waals surface area contributed by atoms with Crippen molar-refractivity contribution in [2.24, 2.45) is 5.41 Å². The number of amides is 1. The third-order valence-corrected chi connectivity index (χ3v) is 5.09. The molecule has 0 unspecified atom stereocenters. The molecule has 0 atom stereocenters. The second kappa shape index (κ2) is 7.84. The molecule has 28 heavy (non-hydrogen) atoms. The molecule has 1 N–H and O–H groups in total. The van der Waals surface area contributed by atoms with Crippen molar-refractivity contribution in [1.82, 2.24) is 25.0 Å². The van der Waals surface area contributed by atoms with Crippen molar-refractivity contribution >= 4 is 11.9 Å². The summed E-state index contributed by atoms with van der Waals surface area (Å²) in [4.78, 5) is 23.4. The van der Waals surface area contributed by atoms with E-state index in [1.54, 1.807) is 19.4 Å². The van der Waals surface area contributed by atoms with Crippen LogP contribution in [0.15, 0.2) is 53.6 Å². The van der Waals surface area contributed by atoms with Gasteiger partial charge in [-0.25, -0.2) is 4.98 Å². The van der Waals surface area contributed by atoms with E-state index in [-0.39, 0.29) is 5.91 Å². The minimum Gasteiger partial charge on any atom is -0.355 e. The molecule has 1 aliphatic rings. The van der Waals surface area contributed by atoms with Crippen molar-refractivity contribution < 1.29 is 9.32 Å². The third kappa shape index (κ3) is 3.90. The molecule has 3 heterocycles. The molecule has 8 nitrogen and oxygen atoms in total. The SMILES string of the molecule is Cc1nc(N2CC(Cc3ccccc3)(C(=O)NCCCn3ccnc3)C2)no1. The molecule has 0 radical (unpaired) electrons. The number of imidazole rings is 1. The van der Waals surface area contributed by atoms with Gasteiger partial charge in [-0.05, 0) is 23.6 Å². The first-order valence-corrected chi connectivity index (χ1v) is 9.48. The first-order chi connectivity index (χ1) is 13.6. The number of hydrogen-bond donors (Lipinski definition) is 1. The van der Waals surface area contributed by atoms with E-state index in [4.69, 9.17) is 4.52 Å². The number of nitrogens with one attached hydrogen (secondary N) is 1. The van der Waals surface area contributed by atoms with Crippen LogP contribution >= 0.6 is 0 Å². The zero-order valence-corrected chi connectivity index (χ0v) is 15.9. The molecule has 0 saturated carbocycles. The molecule has 0 aliphatic carbocycles. The standard InChI is InChI=1S/C20H24N6O2/c1-16-23-19(24-28-16)26-13-20(14-26,12-17-6-3-2-4-7-17)18(27)22-8-5-10-25-11-9-21-15-25/h2-4,6-7,9,11,15H,5,8,10,12-14H2,1H3,(H,22,27). The van der Waals surface area contributed by atoms with E-state index in [0.717, 1.165) is 18.5 Å². The quantitative estimate of drug-likeness (QED) is 0.600. The van der Waals surface area contributed by atoms with Crippen LogP contribution in [0.3, 0.4) is 0 Å². The predicted molar refractivity (Wildman–Crippen MR) is 104 cm³/mol. The average molecular weight is 380 g/mol. The normalized spacial score (nSPS) is 15.2. The van der Waals surface area contributed by atoms with Crippen LogP contribution in [-0.4, -0.2) is 45.2 Å². The third-order valence-electron chi connectivity index (χ3n) is 5.09. The summed E-state index contributed by atoms with van der Waals surface area (Å²) in [7, 11) is 0. The van der Waals surface area contributed by atoms with E-state index < -0.39 is 5.41 Å². The van der Waals surface area contributed by atoms with Crippen molar-refractivity contribution in [2.45, 2.75) is 26.3 Å². The Morgan fingerprint density at radius 2 is 2.11 bits per heavy atom. The van der Waals surface area contributed by atoms with Gasteiger partial charge in [-0.1, -0.05) is 30.3 Å². The van der Waals surface area contributed by atoms with Crippen LogP contribution in [0.5, 0.6) is 0 Å². The summed E-state index contributed by atoms with van der Waals surface area (Å²) in [6, 6.07) is 10.1. The van der Waals surface area contributed by atoms with Gasteiger partial charge in [-0.15, -0.1) is 0 Å². The van der Waals surface area contributed by atoms with Crippen molar-refractivity contribution in [1.29, 1.82) is 0 Å². The summed E-state index contributed by atoms with van der Waals surface area (Å²) in [6.07, 6.45) is 7.02. The van der Waals surface area contributed by atoms with E-state index in [1.165, 1.54) is 0 Å². The molecule has 4 rings (SSSR count). The average Bonchev–Trinajstić information content (AvgIpc) is 3.34. The van der Waals surface area contributed by atoms with E-state index >= 15 is 0 Å². The van der Waals surface area contributed by atoms with Gasteiger partial charge in [0.1, 0.15) is 0 Å². The van der Waals surface area contributed by atoms with Gasteiger partial charge in [-0.3, -0.25) is 4.79 Å². The van der Waals surface area contributed by atoms with Crippen molar-refractivity contribution in [2.75, 3.05) is 24.5 Å². The second-order valence-electron chi connectivity index (χ2n) is 7.32. The zero-order valence-electron chi connectivity index (χ0n) is 15.9. The molecule has 8 heteroatoms. The number of hydrogen-bond acceptors (Lipinski definition) is 6. The lowest BCUT2D eigenvalue weighted by molar-refractivity contribution is -0.132. The van der Waals surface area contributed by atoms with Gasteiger partial charge in [0.25, 0.3) is 5.95 Å². The second-order valence-corrected chi connectivity index (χ2v) is 7.32. The summed E-state index contributed by atoms with van der Waals surface area (Å²) in [5.41, 5.74) is 0.672. The number of aromatic nitrogens is 4. The van der Waals surface area contributed by atoms with Gasteiger partial charge in [0, 0.05) is 45.5 Å². The summed E-state index contributed by atoms with van der Waals surface area (Å²) >= 11 is 0. The summed E-state index contributed by atoms with van der Waals surface area (Å²) < 4.78 is 7.08. The fraction of sp³-hybridized carbons (Fsp3) is 0.400. The highest BCUT2D eigenvalue weighted by atomic mass is 16.5. The highest BCUT2D eigenvalue weighted by Gasteiger charge is 2.50. The first kappa shape index (κ1) is 18.2. The number of benzene rings is 1. The molecule has 1 fully saturated rings. The monoisotopic (exact) mass is 380 g/mol. The molecule has 0 bridgehead atoms. The lowest BCUT2D eigenvalue weighted by Crippen LogP contribution is -2.65. The summed E-state index contributed by atoms with van der Waals surface area (Å²) in [6.45, 7) is 4.39. The van der Waals surface area contributed by atoms with E-state index in [0.29, 0.717) is 37.9 Å². The van der Waals surface area contributed by atoms with Crippen LogP contribution in [0.25, 0.3) is 0 Å². The maximum atomic E-state index is 13.1. The number of rotatable bonds is 8. The molecule has 1 aromatic carbocycles. The molecule has 0 spiro atoms. The van der Waals surface area contributed by atoms with Gasteiger partial charge >= 0.3 is 0 Å². The minimum atomic E-state index is -0.481. The Bertz CT molecular complexity index is 900. The number of nitrogens with zero attached hydrogens (tertiary/aromatic N) is 5. The Labute approximate surface area is 163 Å². The molecular formula is C20H24N6O2. The molecule has 1 amide bonds. The Morgan fingerprint density at radius 1 is 1.29 bits per heavy atom. The fourth-order valence-corrected chi connectivity index (χ4v) is 3.64. The Hall–Kier alpha value is -3.16. The minimum absolute atomic E-state index is 0.0819. The molecule has 2 aromatic heterocycles. The number of carbonyl (C=O) groups is 1. The maximum Gasteiger partial charge on any atom is 0.266 e. The van der Waals surface area contributed by atoms with Gasteiger partial charge in [0.15, 0.2) is 0 Å². The maximum absolute atomic E-state index is 13.1. The van der Waals surface area contributed by atoms with Crippen molar-refractivity contribution in [3.8, 4) is 0 Å². The van der Waals surface area contributed by atoms with Crippen LogP contribution in [0.2, 0.25) is 0 Å². The number of anilines is 1. The summed E-state index contributed by atoms with van der Waals surface area (Å²) in [5.74, 6) is 1.16. The van der Waals surface area contributed by atoms with Gasteiger partial charge in [-0.2, -0.15) is 4.98 Å². The topological polar surface area (TPSA) is 89.1 Å². The summed E-state index contributed by atoms with van der Waals surface area (Å²) in [5, 5.41) is 7.09. The lowest BCUT2D eigenvalue weighted by Gasteiger charge is -2.48. The molecule has 3 aromatic rings.